The molecule has 1 heterocycles. The highest BCUT2D eigenvalue weighted by atomic mass is 32.1. The maximum absolute atomic E-state index is 12.4. The highest BCUT2D eigenvalue weighted by Gasteiger charge is 2.11. The van der Waals surface area contributed by atoms with Gasteiger partial charge in [0.15, 0.2) is 0 Å². The van der Waals surface area contributed by atoms with Crippen molar-refractivity contribution in [1.82, 2.24) is 5.32 Å². The predicted octanol–water partition coefficient (Wildman–Crippen LogP) is 2.64. The lowest BCUT2D eigenvalue weighted by atomic mass is 10.0. The van der Waals surface area contributed by atoms with Gasteiger partial charge >= 0.3 is 0 Å². The van der Waals surface area contributed by atoms with Crippen molar-refractivity contribution in [2.45, 2.75) is 20.4 Å². The van der Waals surface area contributed by atoms with Crippen molar-refractivity contribution >= 4 is 17.2 Å². The van der Waals surface area contributed by atoms with Gasteiger partial charge < -0.3 is 10.4 Å². The first-order chi connectivity index (χ1) is 10.1. The number of carbonyl (C=O) groups excluding carboxylic acids is 1. The van der Waals surface area contributed by atoms with Gasteiger partial charge in [-0.1, -0.05) is 23.5 Å². The van der Waals surface area contributed by atoms with E-state index in [0.717, 1.165) is 10.4 Å². The lowest BCUT2D eigenvalue weighted by molar-refractivity contribution is 0.0951. The molecule has 2 N–H and O–H groups in total. The second-order valence-corrected chi connectivity index (χ2v) is 5.72. The fraction of sp³-hybridized carbons (Fsp3) is 0.235. The third-order valence-electron chi connectivity index (χ3n) is 3.10. The Hall–Kier alpha value is -2.09. The topological polar surface area (TPSA) is 49.3 Å². The van der Waals surface area contributed by atoms with Gasteiger partial charge in [-0.2, -0.15) is 0 Å². The molecule has 108 valence electrons. The monoisotopic (exact) mass is 299 g/mol. The summed E-state index contributed by atoms with van der Waals surface area (Å²) in [5.41, 5.74) is 3.37. The van der Waals surface area contributed by atoms with Crippen molar-refractivity contribution in [1.29, 1.82) is 0 Å². The van der Waals surface area contributed by atoms with Gasteiger partial charge in [-0.05, 0) is 43.0 Å². The zero-order valence-corrected chi connectivity index (χ0v) is 12.9. The van der Waals surface area contributed by atoms with Gasteiger partial charge in [-0.15, -0.1) is 11.3 Å². The van der Waals surface area contributed by atoms with Gasteiger partial charge in [0.2, 0.25) is 0 Å². The molecule has 0 bridgehead atoms. The Bertz CT molecular complexity index is 707. The van der Waals surface area contributed by atoms with Crippen LogP contribution in [0.5, 0.6) is 0 Å². The molecule has 2 rings (SSSR count). The minimum Gasteiger partial charge on any atom is -0.384 e. The molecule has 3 nitrogen and oxygen atoms in total. The fourth-order valence-corrected chi connectivity index (χ4v) is 2.78. The average Bonchev–Trinajstić information content (AvgIpc) is 2.88. The van der Waals surface area contributed by atoms with E-state index in [4.69, 9.17) is 5.11 Å². The Morgan fingerprint density at radius 2 is 2.14 bits per heavy atom. The summed E-state index contributed by atoms with van der Waals surface area (Å²) in [6, 6.07) is 7.57. The predicted molar refractivity (Wildman–Crippen MR) is 85.4 cm³/mol. The molecule has 0 unspecified atom stereocenters. The average molecular weight is 299 g/mol. The number of hydrogen-bond acceptors (Lipinski definition) is 3. The van der Waals surface area contributed by atoms with Gasteiger partial charge in [-0.25, -0.2) is 0 Å². The van der Waals surface area contributed by atoms with Crippen LogP contribution >= 0.6 is 11.3 Å². The van der Waals surface area contributed by atoms with Crippen molar-refractivity contribution in [3.05, 3.63) is 56.8 Å². The smallest absolute Gasteiger partial charge is 0.252 e. The van der Waals surface area contributed by atoms with Crippen molar-refractivity contribution in [2.24, 2.45) is 0 Å². The molecule has 2 aromatic rings. The highest BCUT2D eigenvalue weighted by molar-refractivity contribution is 7.10. The molecular weight excluding hydrogens is 282 g/mol. The molecule has 0 spiro atoms. The molecule has 0 aliphatic heterocycles. The Balaban J connectivity index is 2.18. The lowest BCUT2D eigenvalue weighted by Crippen LogP contribution is -2.23. The third kappa shape index (κ3) is 3.94. The van der Waals surface area contributed by atoms with Crippen molar-refractivity contribution in [2.75, 3.05) is 6.61 Å². The number of rotatable bonds is 3. The van der Waals surface area contributed by atoms with Gasteiger partial charge in [0.05, 0.1) is 12.1 Å². The molecule has 0 fully saturated rings. The summed E-state index contributed by atoms with van der Waals surface area (Å²) < 4.78 is 0. The van der Waals surface area contributed by atoms with Gasteiger partial charge in [0, 0.05) is 10.4 Å². The van der Waals surface area contributed by atoms with Crippen LogP contribution in [0.25, 0.3) is 0 Å². The largest absolute Gasteiger partial charge is 0.384 e. The van der Waals surface area contributed by atoms with E-state index in [1.165, 1.54) is 5.56 Å². The lowest BCUT2D eigenvalue weighted by Gasteiger charge is -2.08. The number of nitrogens with one attached hydrogen (secondary N) is 1. The minimum atomic E-state index is -0.219. The Morgan fingerprint density at radius 3 is 2.81 bits per heavy atom. The standard InChI is InChI=1S/C17H17NO2S/c1-12-5-6-14(4-3-8-19)15(10-12)17(20)18-11-16-13(2)7-9-21-16/h5-7,9-10,19H,8,11H2,1-2H3,(H,18,20). The molecule has 4 heteroatoms. The van der Waals surface area contributed by atoms with E-state index in [0.29, 0.717) is 17.7 Å². The number of thiophene rings is 1. The molecule has 0 saturated carbocycles. The summed E-state index contributed by atoms with van der Waals surface area (Å²) >= 11 is 1.63. The fourth-order valence-electron chi connectivity index (χ4n) is 1.93. The minimum absolute atomic E-state index is 0.145. The summed E-state index contributed by atoms with van der Waals surface area (Å²) in [4.78, 5) is 13.5. The van der Waals surface area contributed by atoms with E-state index >= 15 is 0 Å². The number of aliphatic hydroxyl groups excluding tert-OH is 1. The molecule has 21 heavy (non-hydrogen) atoms. The number of amides is 1. The maximum Gasteiger partial charge on any atom is 0.252 e. The van der Waals surface area contributed by atoms with E-state index in [1.807, 2.05) is 43.5 Å². The number of hydrogen-bond donors (Lipinski definition) is 2. The summed E-state index contributed by atoms with van der Waals surface area (Å²) in [5.74, 6) is 5.26. The SMILES string of the molecule is Cc1ccc(C#CCO)c(C(=O)NCc2sccc2C)c1. The molecule has 1 aromatic carbocycles. The van der Waals surface area contributed by atoms with Crippen LogP contribution in [0.15, 0.2) is 29.6 Å². The van der Waals surface area contributed by atoms with E-state index < -0.39 is 0 Å². The number of carbonyl (C=O) groups is 1. The molecule has 1 aromatic heterocycles. The van der Waals surface area contributed by atoms with Crippen molar-refractivity contribution < 1.29 is 9.90 Å². The second kappa shape index (κ2) is 7.07. The Morgan fingerprint density at radius 1 is 1.33 bits per heavy atom. The van der Waals surface area contributed by atoms with Crippen LogP contribution in [-0.2, 0) is 6.54 Å². The number of aryl methyl sites for hydroxylation is 2. The first kappa shape index (κ1) is 15.3. The Kier molecular flexibility index (Phi) is 5.15. The van der Waals surface area contributed by atoms with Crippen molar-refractivity contribution in [3.8, 4) is 11.8 Å². The van der Waals surface area contributed by atoms with Crippen LogP contribution in [-0.4, -0.2) is 17.6 Å². The van der Waals surface area contributed by atoms with Crippen molar-refractivity contribution in [3.63, 3.8) is 0 Å². The number of benzene rings is 1. The normalized spacial score (nSPS) is 9.86. The molecular formula is C17H17NO2S. The Labute approximate surface area is 128 Å². The van der Waals surface area contributed by atoms with Crippen LogP contribution in [0, 0.1) is 25.7 Å². The van der Waals surface area contributed by atoms with Crippen LogP contribution in [0.1, 0.15) is 31.9 Å². The van der Waals surface area contributed by atoms with Gasteiger partial charge in [-0.3, -0.25) is 4.79 Å². The summed E-state index contributed by atoms with van der Waals surface area (Å²) in [6.45, 7) is 4.26. The van der Waals surface area contributed by atoms with E-state index in [1.54, 1.807) is 11.3 Å². The van der Waals surface area contributed by atoms with E-state index in [2.05, 4.69) is 17.2 Å². The molecule has 0 saturated heterocycles. The number of aliphatic hydroxyl groups is 1. The van der Waals surface area contributed by atoms with Crippen LogP contribution < -0.4 is 5.32 Å². The maximum atomic E-state index is 12.4. The third-order valence-corrected chi connectivity index (χ3v) is 4.12. The van der Waals surface area contributed by atoms with Crippen LogP contribution in [0.3, 0.4) is 0 Å². The first-order valence-corrected chi connectivity index (χ1v) is 7.51. The van der Waals surface area contributed by atoms with Gasteiger partial charge in [0.25, 0.3) is 5.91 Å². The molecule has 0 aliphatic carbocycles. The summed E-state index contributed by atoms with van der Waals surface area (Å²) in [5, 5.41) is 13.7. The van der Waals surface area contributed by atoms with Crippen LogP contribution in [0.4, 0.5) is 0 Å². The molecule has 0 aliphatic rings. The van der Waals surface area contributed by atoms with Gasteiger partial charge in [0.1, 0.15) is 6.61 Å². The van der Waals surface area contributed by atoms with E-state index in [-0.39, 0.29) is 12.5 Å². The molecule has 0 radical (unpaired) electrons. The first-order valence-electron chi connectivity index (χ1n) is 6.63. The second-order valence-electron chi connectivity index (χ2n) is 4.72. The zero-order chi connectivity index (χ0) is 15.2. The zero-order valence-electron chi connectivity index (χ0n) is 12.1. The quantitative estimate of drug-likeness (QED) is 0.856. The summed E-state index contributed by atoms with van der Waals surface area (Å²) in [7, 11) is 0. The van der Waals surface area contributed by atoms with Crippen LogP contribution in [0.2, 0.25) is 0 Å². The molecule has 0 atom stereocenters. The molecule has 1 amide bonds. The van der Waals surface area contributed by atoms with E-state index in [9.17, 15) is 4.79 Å². The summed E-state index contributed by atoms with van der Waals surface area (Å²) in [6.07, 6.45) is 0. The highest BCUT2D eigenvalue weighted by Crippen LogP contribution is 2.16.